The Kier molecular flexibility index (Phi) is 6.59. The molecule has 3 heteroatoms. The van der Waals surface area contributed by atoms with Gasteiger partial charge in [-0.3, -0.25) is 0 Å². The Bertz CT molecular complexity index is 1040. The van der Waals surface area contributed by atoms with Crippen LogP contribution in [-0.4, -0.2) is 0 Å². The first kappa shape index (κ1) is 19.8. The van der Waals surface area contributed by atoms with E-state index in [2.05, 4.69) is 19.6 Å². The van der Waals surface area contributed by atoms with Gasteiger partial charge in [0.2, 0.25) is 0 Å². The Hall–Kier alpha value is -2.94. The highest BCUT2D eigenvalue weighted by molar-refractivity contribution is 5.87. The summed E-state index contributed by atoms with van der Waals surface area (Å²) >= 11 is 0. The lowest BCUT2D eigenvalue weighted by Crippen LogP contribution is -2.05. The van der Waals surface area contributed by atoms with Crippen molar-refractivity contribution in [1.82, 2.24) is 0 Å². The van der Waals surface area contributed by atoms with E-state index in [0.29, 0.717) is 23.1 Å². The third-order valence-electron chi connectivity index (χ3n) is 4.76. The number of aryl methyl sites for hydroxylation is 1. The van der Waals surface area contributed by atoms with E-state index in [1.165, 1.54) is 0 Å². The van der Waals surface area contributed by atoms with Gasteiger partial charge >= 0.3 is 5.63 Å². The molecule has 0 aliphatic heterocycles. The van der Waals surface area contributed by atoms with Crippen molar-refractivity contribution in [3.05, 3.63) is 88.8 Å². The molecule has 3 rings (SSSR count). The normalized spacial score (nSPS) is 11.4. The molecule has 0 atom stereocenters. The molecule has 0 fully saturated rings. The van der Waals surface area contributed by atoms with E-state index < -0.39 is 11.4 Å². The average Bonchev–Trinajstić information content (AvgIpc) is 2.70. The van der Waals surface area contributed by atoms with Crippen LogP contribution in [-0.2, 0) is 6.42 Å². The lowest BCUT2D eigenvalue weighted by atomic mass is 9.99. The van der Waals surface area contributed by atoms with Crippen LogP contribution in [0.5, 0.6) is 0 Å². The zero-order chi connectivity index (χ0) is 19.9. The number of hydrogen-bond donors (Lipinski definition) is 0. The molecule has 0 bridgehead atoms. The van der Waals surface area contributed by atoms with Gasteiger partial charge < -0.3 is 4.42 Å². The second kappa shape index (κ2) is 9.32. The fraction of sp³-hybridized carbons (Fsp3) is 0.240. The largest absolute Gasteiger partial charge is 0.427 e. The first-order chi connectivity index (χ1) is 13.6. The summed E-state index contributed by atoms with van der Waals surface area (Å²) in [5.74, 6) is 0.0849. The minimum absolute atomic E-state index is 0.0196. The summed E-state index contributed by atoms with van der Waals surface area (Å²) in [5.41, 5.74) is 1.58. The Morgan fingerprint density at radius 3 is 2.61 bits per heavy atom. The van der Waals surface area contributed by atoms with E-state index in [0.717, 1.165) is 36.8 Å². The summed E-state index contributed by atoms with van der Waals surface area (Å²) in [6, 6.07) is 12.9. The monoisotopic (exact) mass is 376 g/mol. The zero-order valence-electron chi connectivity index (χ0n) is 16.2. The predicted molar refractivity (Wildman–Crippen MR) is 115 cm³/mol. The molecule has 0 saturated heterocycles. The fourth-order valence-corrected chi connectivity index (χ4v) is 3.20. The standard InChI is InChI=1S/C25H25FO2/c1-3-5-7-8-9-18-11-13-19(14-12-18)22-16-15-20-17-21(10-6-4-2)28-25(27)23(20)24(22)26/h3,8-9,11-17H,1,4-7,10H2,2H3/b9-8+. The highest BCUT2D eigenvalue weighted by atomic mass is 19.1. The van der Waals surface area contributed by atoms with Crippen molar-refractivity contribution in [3.63, 3.8) is 0 Å². The summed E-state index contributed by atoms with van der Waals surface area (Å²) in [6.45, 7) is 5.78. The van der Waals surface area contributed by atoms with E-state index in [4.69, 9.17) is 4.42 Å². The second-order valence-electron chi connectivity index (χ2n) is 6.89. The Morgan fingerprint density at radius 2 is 1.89 bits per heavy atom. The molecule has 1 heterocycles. The summed E-state index contributed by atoms with van der Waals surface area (Å²) in [5, 5.41) is 0.608. The lowest BCUT2D eigenvalue weighted by molar-refractivity contribution is 0.458. The maximum atomic E-state index is 15.1. The highest BCUT2D eigenvalue weighted by Crippen LogP contribution is 2.28. The van der Waals surface area contributed by atoms with E-state index in [1.54, 1.807) is 18.2 Å². The number of unbranched alkanes of at least 4 members (excludes halogenated alkanes) is 2. The maximum absolute atomic E-state index is 15.1. The van der Waals surface area contributed by atoms with Gasteiger partial charge in [-0.2, -0.15) is 0 Å². The fourth-order valence-electron chi connectivity index (χ4n) is 3.20. The number of halogens is 1. The summed E-state index contributed by atoms with van der Waals surface area (Å²) < 4.78 is 20.4. The predicted octanol–water partition coefficient (Wildman–Crippen LogP) is 6.92. The number of allylic oxidation sites excluding steroid dienone is 2. The molecule has 0 N–H and O–H groups in total. The van der Waals surface area contributed by atoms with Gasteiger partial charge in [-0.05, 0) is 41.8 Å². The van der Waals surface area contributed by atoms with Crippen LogP contribution in [0.4, 0.5) is 4.39 Å². The van der Waals surface area contributed by atoms with Crippen molar-refractivity contribution in [2.75, 3.05) is 0 Å². The van der Waals surface area contributed by atoms with Crippen LogP contribution in [0.25, 0.3) is 28.0 Å². The van der Waals surface area contributed by atoms with Crippen molar-refractivity contribution in [1.29, 1.82) is 0 Å². The van der Waals surface area contributed by atoms with Crippen molar-refractivity contribution in [2.45, 2.75) is 39.0 Å². The molecule has 2 aromatic carbocycles. The second-order valence-corrected chi connectivity index (χ2v) is 6.89. The lowest BCUT2D eigenvalue weighted by Gasteiger charge is -2.08. The van der Waals surface area contributed by atoms with Crippen LogP contribution in [0.3, 0.4) is 0 Å². The third-order valence-corrected chi connectivity index (χ3v) is 4.76. The van der Waals surface area contributed by atoms with Crippen LogP contribution in [0, 0.1) is 5.82 Å². The van der Waals surface area contributed by atoms with Gasteiger partial charge in [-0.25, -0.2) is 9.18 Å². The van der Waals surface area contributed by atoms with E-state index in [9.17, 15) is 4.79 Å². The molecule has 1 aromatic heterocycles. The Morgan fingerprint density at radius 1 is 1.11 bits per heavy atom. The molecule has 0 radical (unpaired) electrons. The number of fused-ring (bicyclic) bond motifs is 1. The van der Waals surface area contributed by atoms with Crippen LogP contribution >= 0.6 is 0 Å². The van der Waals surface area contributed by atoms with Gasteiger partial charge in [0.15, 0.2) is 0 Å². The molecule has 0 unspecified atom stereocenters. The van der Waals surface area contributed by atoms with E-state index >= 15 is 4.39 Å². The average molecular weight is 376 g/mol. The molecule has 0 aliphatic carbocycles. The molecule has 144 valence electrons. The van der Waals surface area contributed by atoms with Gasteiger partial charge in [0.05, 0.1) is 0 Å². The van der Waals surface area contributed by atoms with Gasteiger partial charge in [-0.15, -0.1) is 6.58 Å². The van der Waals surface area contributed by atoms with Gasteiger partial charge in [0.25, 0.3) is 0 Å². The molecule has 3 aromatic rings. The number of benzene rings is 2. The minimum Gasteiger partial charge on any atom is -0.427 e. The molecule has 2 nitrogen and oxygen atoms in total. The number of rotatable bonds is 8. The molecule has 0 saturated carbocycles. The molecule has 28 heavy (non-hydrogen) atoms. The van der Waals surface area contributed by atoms with Crippen LogP contribution in [0.2, 0.25) is 0 Å². The minimum atomic E-state index is -0.607. The first-order valence-electron chi connectivity index (χ1n) is 9.77. The summed E-state index contributed by atoms with van der Waals surface area (Å²) in [6.07, 6.45) is 10.5. The molecule has 0 aliphatic rings. The molecule has 0 spiro atoms. The SMILES string of the molecule is C=CCC/C=C/c1ccc(-c2ccc3cc(CCCC)oc(=O)c3c2F)cc1. The zero-order valence-corrected chi connectivity index (χ0v) is 16.2. The van der Waals surface area contributed by atoms with Crippen molar-refractivity contribution >= 4 is 16.8 Å². The summed E-state index contributed by atoms with van der Waals surface area (Å²) in [7, 11) is 0. The third kappa shape index (κ3) is 4.48. The quantitative estimate of drug-likeness (QED) is 0.315. The van der Waals surface area contributed by atoms with Crippen LogP contribution in [0.1, 0.15) is 43.9 Å². The summed E-state index contributed by atoms with van der Waals surface area (Å²) in [4.78, 5) is 12.4. The topological polar surface area (TPSA) is 30.2 Å². The van der Waals surface area contributed by atoms with Gasteiger partial charge in [0, 0.05) is 12.0 Å². The number of hydrogen-bond acceptors (Lipinski definition) is 2. The smallest absolute Gasteiger partial charge is 0.346 e. The van der Waals surface area contributed by atoms with Gasteiger partial charge in [0.1, 0.15) is 17.0 Å². The Labute approximate surface area is 165 Å². The van der Waals surface area contributed by atoms with Crippen molar-refractivity contribution in [2.24, 2.45) is 0 Å². The van der Waals surface area contributed by atoms with Crippen LogP contribution in [0.15, 0.2) is 70.4 Å². The highest BCUT2D eigenvalue weighted by Gasteiger charge is 2.14. The van der Waals surface area contributed by atoms with E-state index in [1.807, 2.05) is 36.4 Å². The van der Waals surface area contributed by atoms with Gasteiger partial charge in [-0.1, -0.05) is 68.0 Å². The first-order valence-corrected chi connectivity index (χ1v) is 9.77. The molecular weight excluding hydrogens is 351 g/mol. The maximum Gasteiger partial charge on any atom is 0.346 e. The molecular formula is C25H25FO2. The van der Waals surface area contributed by atoms with Crippen molar-refractivity contribution in [3.8, 4) is 11.1 Å². The molecule has 0 amide bonds. The van der Waals surface area contributed by atoms with Crippen molar-refractivity contribution < 1.29 is 8.81 Å². The van der Waals surface area contributed by atoms with E-state index in [-0.39, 0.29) is 5.39 Å². The van der Waals surface area contributed by atoms with Crippen LogP contribution < -0.4 is 5.63 Å². The Balaban J connectivity index is 1.92.